The molecule has 3 aliphatic rings. The second-order valence-corrected chi connectivity index (χ2v) is 12.6. The van der Waals surface area contributed by atoms with Crippen molar-refractivity contribution in [3.8, 4) is 0 Å². The maximum Gasteiger partial charge on any atom is 0.247 e. The number of alkyl halides is 1. The van der Waals surface area contributed by atoms with Crippen LogP contribution in [0.15, 0.2) is 54.6 Å². The zero-order valence-corrected chi connectivity index (χ0v) is 24.4. The number of aliphatic hydroxyl groups excluding tert-OH is 1. The number of likely N-dealkylation sites (tertiary alicyclic amines) is 1. The number of fused-ring (bicyclic) bond motifs is 2. The molecule has 12 heteroatoms. The molecule has 3 fully saturated rings. The van der Waals surface area contributed by atoms with Gasteiger partial charge in [-0.3, -0.25) is 14.4 Å². The molecule has 6 rings (SSSR count). The maximum atomic E-state index is 14.2. The van der Waals surface area contributed by atoms with Gasteiger partial charge in [0.25, 0.3) is 0 Å². The van der Waals surface area contributed by atoms with E-state index in [0.717, 1.165) is 11.1 Å². The SMILES string of the molecule is CC(C)[C@H](CO)N1C(=O)[C@@H]2[C@H](C(=O)NCc3ccccc3)[C@H]3OC2(CC3Br)C1C(=O)NCn1nnc2ccccc21. The smallest absolute Gasteiger partial charge is 0.247 e. The average Bonchev–Trinajstić information content (AvgIpc) is 3.69. The lowest BCUT2D eigenvalue weighted by molar-refractivity contribution is -0.147. The lowest BCUT2D eigenvalue weighted by atomic mass is 9.70. The first-order chi connectivity index (χ1) is 19.8. The van der Waals surface area contributed by atoms with Crippen molar-refractivity contribution in [2.75, 3.05) is 6.61 Å². The highest BCUT2D eigenvalue weighted by Gasteiger charge is 2.77. The molecule has 216 valence electrons. The van der Waals surface area contributed by atoms with Gasteiger partial charge in [0.2, 0.25) is 17.7 Å². The molecule has 3 saturated heterocycles. The summed E-state index contributed by atoms with van der Waals surface area (Å²) in [7, 11) is 0. The molecule has 4 heterocycles. The summed E-state index contributed by atoms with van der Waals surface area (Å²) >= 11 is 3.69. The number of hydrogen-bond donors (Lipinski definition) is 3. The van der Waals surface area contributed by atoms with Crippen LogP contribution in [0.1, 0.15) is 25.8 Å². The fraction of sp³-hybridized carbons (Fsp3) is 0.483. The summed E-state index contributed by atoms with van der Waals surface area (Å²) in [5, 5.41) is 24.6. The van der Waals surface area contributed by atoms with E-state index < -0.39 is 41.5 Å². The van der Waals surface area contributed by atoms with Gasteiger partial charge in [-0.15, -0.1) is 5.10 Å². The molecule has 2 aromatic carbocycles. The number of carbonyl (C=O) groups is 3. The van der Waals surface area contributed by atoms with Crippen LogP contribution in [0.5, 0.6) is 0 Å². The summed E-state index contributed by atoms with van der Waals surface area (Å²) < 4.78 is 8.13. The molecule has 0 aliphatic carbocycles. The van der Waals surface area contributed by atoms with E-state index in [9.17, 15) is 19.5 Å². The third-order valence-corrected chi connectivity index (χ3v) is 9.57. The molecule has 1 aromatic heterocycles. The topological polar surface area (TPSA) is 139 Å². The third kappa shape index (κ3) is 4.52. The Morgan fingerprint density at radius 3 is 2.59 bits per heavy atom. The molecule has 3 aromatic rings. The maximum absolute atomic E-state index is 14.2. The van der Waals surface area contributed by atoms with Gasteiger partial charge in [0.15, 0.2) is 0 Å². The minimum Gasteiger partial charge on any atom is -0.394 e. The summed E-state index contributed by atoms with van der Waals surface area (Å²) in [6.45, 7) is 3.81. The molecule has 7 atom stereocenters. The molecule has 41 heavy (non-hydrogen) atoms. The Morgan fingerprint density at radius 2 is 1.85 bits per heavy atom. The number of ether oxygens (including phenoxy) is 1. The van der Waals surface area contributed by atoms with Crippen LogP contribution in [0.25, 0.3) is 11.0 Å². The van der Waals surface area contributed by atoms with Gasteiger partial charge < -0.3 is 25.4 Å². The van der Waals surface area contributed by atoms with Crippen molar-refractivity contribution in [1.82, 2.24) is 30.5 Å². The van der Waals surface area contributed by atoms with Crippen molar-refractivity contribution in [2.45, 2.75) is 62.1 Å². The number of aliphatic hydroxyl groups is 1. The highest BCUT2D eigenvalue weighted by Crippen LogP contribution is 2.60. The predicted octanol–water partition coefficient (Wildman–Crippen LogP) is 1.59. The van der Waals surface area contributed by atoms with E-state index in [1.54, 1.807) is 4.68 Å². The van der Waals surface area contributed by atoms with Gasteiger partial charge in [-0.1, -0.05) is 77.5 Å². The first-order valence-electron chi connectivity index (χ1n) is 13.9. The molecule has 11 nitrogen and oxygen atoms in total. The van der Waals surface area contributed by atoms with Gasteiger partial charge >= 0.3 is 0 Å². The molecule has 3 N–H and O–H groups in total. The van der Waals surface area contributed by atoms with E-state index in [4.69, 9.17) is 4.74 Å². The van der Waals surface area contributed by atoms with Gasteiger partial charge in [-0.25, -0.2) is 4.68 Å². The van der Waals surface area contributed by atoms with Crippen LogP contribution < -0.4 is 10.6 Å². The number of aromatic nitrogens is 3. The number of nitrogens with one attached hydrogen (secondary N) is 2. The summed E-state index contributed by atoms with van der Waals surface area (Å²) in [4.78, 5) is 43.2. The van der Waals surface area contributed by atoms with Crippen molar-refractivity contribution in [2.24, 2.45) is 17.8 Å². The third-order valence-electron chi connectivity index (χ3n) is 8.72. The van der Waals surface area contributed by atoms with E-state index >= 15 is 0 Å². The second kappa shape index (κ2) is 10.8. The first kappa shape index (κ1) is 27.8. The summed E-state index contributed by atoms with van der Waals surface area (Å²) in [5.74, 6) is -2.83. The number of benzene rings is 2. The standard InChI is InChI=1S/C29H33BrN6O5/c1-16(2)21(14-37)36-25(27(39)32-15-35-20-11-7-6-10-19(20)33-34-35)29-12-18(30)24(41-29)22(23(29)28(36)40)26(38)31-13-17-8-4-3-5-9-17/h3-11,16,18,21-25,37H,12-15H2,1-2H3,(H,31,38)(H,32,39)/t18?,21-,22-,23-,24-,25?,29?/m0/s1. The molecule has 0 saturated carbocycles. The number of hydrogen-bond acceptors (Lipinski definition) is 7. The lowest BCUT2D eigenvalue weighted by Gasteiger charge is -2.38. The predicted molar refractivity (Wildman–Crippen MR) is 152 cm³/mol. The van der Waals surface area contributed by atoms with E-state index in [-0.39, 0.29) is 35.8 Å². The minimum absolute atomic E-state index is 0.0340. The molecular weight excluding hydrogens is 592 g/mol. The van der Waals surface area contributed by atoms with E-state index in [2.05, 4.69) is 36.9 Å². The van der Waals surface area contributed by atoms with Gasteiger partial charge in [0, 0.05) is 11.4 Å². The van der Waals surface area contributed by atoms with Gasteiger partial charge in [0.1, 0.15) is 23.8 Å². The second-order valence-electron chi connectivity index (χ2n) is 11.4. The highest BCUT2D eigenvalue weighted by molar-refractivity contribution is 9.09. The molecule has 3 amide bonds. The molecule has 3 unspecified atom stereocenters. The number of halogens is 1. The average molecular weight is 626 g/mol. The van der Waals surface area contributed by atoms with Crippen molar-refractivity contribution >= 4 is 44.7 Å². The normalized spacial score (nSPS) is 29.2. The van der Waals surface area contributed by atoms with Crippen LogP contribution in [0.4, 0.5) is 0 Å². The van der Waals surface area contributed by atoms with E-state index in [1.165, 1.54) is 4.90 Å². The van der Waals surface area contributed by atoms with Crippen LogP contribution in [0.3, 0.4) is 0 Å². The fourth-order valence-corrected chi connectivity index (χ4v) is 7.77. The zero-order valence-electron chi connectivity index (χ0n) is 22.8. The van der Waals surface area contributed by atoms with Gasteiger partial charge in [0.05, 0.1) is 36.1 Å². The lowest BCUT2D eigenvalue weighted by Crippen LogP contribution is -2.59. The summed E-state index contributed by atoms with van der Waals surface area (Å²) in [6.07, 6.45) is -0.184. The Hall–Kier alpha value is -3.35. The Labute approximate surface area is 245 Å². The Kier molecular flexibility index (Phi) is 7.33. The van der Waals surface area contributed by atoms with Gasteiger partial charge in [-0.2, -0.15) is 0 Å². The van der Waals surface area contributed by atoms with Crippen LogP contribution >= 0.6 is 15.9 Å². The molecule has 3 aliphatic heterocycles. The largest absolute Gasteiger partial charge is 0.394 e. The summed E-state index contributed by atoms with van der Waals surface area (Å²) in [6, 6.07) is 15.3. The fourth-order valence-electron chi connectivity index (χ4n) is 6.83. The van der Waals surface area contributed by atoms with Crippen molar-refractivity contribution in [1.29, 1.82) is 0 Å². The van der Waals surface area contributed by atoms with Crippen LogP contribution in [0.2, 0.25) is 0 Å². The quantitative estimate of drug-likeness (QED) is 0.307. The molecular formula is C29H33BrN6O5. The number of nitrogens with zero attached hydrogens (tertiary/aromatic N) is 4. The van der Waals surface area contributed by atoms with Crippen molar-refractivity contribution in [3.63, 3.8) is 0 Å². The first-order valence-corrected chi connectivity index (χ1v) is 14.8. The monoisotopic (exact) mass is 624 g/mol. The summed E-state index contributed by atoms with van der Waals surface area (Å²) in [5.41, 5.74) is 1.17. The zero-order chi connectivity index (χ0) is 28.9. The van der Waals surface area contributed by atoms with E-state index in [1.807, 2.05) is 68.4 Å². The van der Waals surface area contributed by atoms with Crippen molar-refractivity contribution < 1.29 is 24.2 Å². The molecule has 0 radical (unpaired) electrons. The molecule has 2 bridgehead atoms. The molecule has 1 spiro atoms. The highest BCUT2D eigenvalue weighted by atomic mass is 79.9. The van der Waals surface area contributed by atoms with E-state index in [0.29, 0.717) is 18.5 Å². The minimum atomic E-state index is -1.22. The number of amides is 3. The number of carbonyl (C=O) groups excluding carboxylic acids is 3. The Morgan fingerprint density at radius 1 is 1.12 bits per heavy atom. The van der Waals surface area contributed by atoms with Gasteiger partial charge in [-0.05, 0) is 30.0 Å². The van der Waals surface area contributed by atoms with Crippen LogP contribution in [-0.2, 0) is 32.3 Å². The van der Waals surface area contributed by atoms with Crippen molar-refractivity contribution in [3.05, 3.63) is 60.2 Å². The number of para-hydroxylation sites is 1. The Bertz CT molecular complexity index is 1470. The van der Waals surface area contributed by atoms with Crippen LogP contribution in [0, 0.1) is 17.8 Å². The number of rotatable bonds is 9. The Balaban J connectivity index is 1.31. The van der Waals surface area contributed by atoms with Crippen LogP contribution in [-0.4, -0.2) is 77.9 Å².